The Morgan fingerprint density at radius 3 is 2.42 bits per heavy atom. The van der Waals surface area contributed by atoms with Gasteiger partial charge in [0.05, 0.1) is 14.2 Å². The van der Waals surface area contributed by atoms with Crippen molar-refractivity contribution in [1.29, 1.82) is 0 Å². The van der Waals surface area contributed by atoms with Gasteiger partial charge in [0, 0.05) is 17.5 Å². The molecule has 1 N–H and O–H groups in total. The molecule has 2 aliphatic rings. The molecular formula is C27H32O6. The van der Waals surface area contributed by atoms with Gasteiger partial charge in [-0.1, -0.05) is 32.0 Å². The smallest absolute Gasteiger partial charge is 0.313 e. The summed E-state index contributed by atoms with van der Waals surface area (Å²) in [6.07, 6.45) is 3.51. The normalized spacial score (nSPS) is 21.5. The number of carbonyl (C=O) groups excluding carboxylic acids is 1. The van der Waals surface area contributed by atoms with E-state index in [1.807, 2.05) is 30.3 Å². The molecule has 1 saturated carbocycles. The Kier molecular flexibility index (Phi) is 6.37. The molecule has 2 aromatic carbocycles. The van der Waals surface area contributed by atoms with E-state index in [-0.39, 0.29) is 18.3 Å². The van der Waals surface area contributed by atoms with Crippen LogP contribution < -0.4 is 14.2 Å². The number of fused-ring (bicyclic) bond motifs is 1. The summed E-state index contributed by atoms with van der Waals surface area (Å²) in [5.74, 6) is 1.22. The van der Waals surface area contributed by atoms with Crippen molar-refractivity contribution < 1.29 is 28.9 Å². The number of carbonyl (C=O) groups is 2. The predicted molar refractivity (Wildman–Crippen MR) is 125 cm³/mol. The number of hydrogen-bond acceptors (Lipinski definition) is 5. The first-order valence-corrected chi connectivity index (χ1v) is 11.6. The summed E-state index contributed by atoms with van der Waals surface area (Å²) >= 11 is 0. The van der Waals surface area contributed by atoms with E-state index in [2.05, 4.69) is 13.8 Å². The standard InChI is InChI=1S/C27H32O6/c1-16(2)14-17-12-13-27(17,26(29)30)15-33-24-21(9-11-23(31-3)25(24)32-4)18-6-5-7-20-19(18)8-10-22(20)28/h5-7,9,11,16-17H,8,10,12-15H2,1-4H3,(H,29,30). The van der Waals surface area contributed by atoms with Crippen LogP contribution in [0, 0.1) is 17.3 Å². The van der Waals surface area contributed by atoms with E-state index in [1.165, 1.54) is 0 Å². The number of methoxy groups -OCH3 is 2. The Morgan fingerprint density at radius 2 is 1.82 bits per heavy atom. The monoisotopic (exact) mass is 452 g/mol. The largest absolute Gasteiger partial charge is 0.493 e. The zero-order valence-corrected chi connectivity index (χ0v) is 19.8. The third-order valence-electron chi connectivity index (χ3n) is 7.25. The maximum Gasteiger partial charge on any atom is 0.313 e. The molecule has 0 bridgehead atoms. The predicted octanol–water partition coefficient (Wildman–Crippen LogP) is 5.41. The van der Waals surface area contributed by atoms with Gasteiger partial charge in [-0.15, -0.1) is 0 Å². The molecule has 6 nitrogen and oxygen atoms in total. The minimum absolute atomic E-state index is 0.0597. The molecule has 0 aliphatic heterocycles. The van der Waals surface area contributed by atoms with Crippen LogP contribution >= 0.6 is 0 Å². The fraction of sp³-hybridized carbons (Fsp3) is 0.481. The van der Waals surface area contributed by atoms with Gasteiger partial charge in [0.25, 0.3) is 0 Å². The zero-order valence-electron chi connectivity index (χ0n) is 19.8. The second-order valence-electron chi connectivity index (χ2n) is 9.55. The molecule has 1 fully saturated rings. The molecule has 2 aromatic rings. The van der Waals surface area contributed by atoms with Crippen molar-refractivity contribution in [3.05, 3.63) is 41.5 Å². The lowest BCUT2D eigenvalue weighted by Crippen LogP contribution is -2.51. The number of hydrogen-bond donors (Lipinski definition) is 1. The van der Waals surface area contributed by atoms with Crippen molar-refractivity contribution in [3.8, 4) is 28.4 Å². The Morgan fingerprint density at radius 1 is 1.06 bits per heavy atom. The fourth-order valence-corrected chi connectivity index (χ4v) is 5.34. The summed E-state index contributed by atoms with van der Waals surface area (Å²) in [5, 5.41) is 10.1. The van der Waals surface area contributed by atoms with Crippen LogP contribution in [0.5, 0.6) is 17.2 Å². The van der Waals surface area contributed by atoms with Crippen molar-refractivity contribution in [1.82, 2.24) is 0 Å². The number of rotatable bonds is 9. The first-order valence-electron chi connectivity index (χ1n) is 11.6. The molecule has 0 radical (unpaired) electrons. The van der Waals surface area contributed by atoms with Crippen LogP contribution in [0.25, 0.3) is 11.1 Å². The summed E-state index contributed by atoms with van der Waals surface area (Å²) in [6.45, 7) is 4.29. The van der Waals surface area contributed by atoms with E-state index in [1.54, 1.807) is 14.2 Å². The van der Waals surface area contributed by atoms with Gasteiger partial charge in [-0.05, 0) is 60.8 Å². The molecule has 2 atom stereocenters. The molecule has 33 heavy (non-hydrogen) atoms. The van der Waals surface area contributed by atoms with Crippen LogP contribution in [0.4, 0.5) is 0 Å². The number of aliphatic carboxylic acids is 1. The first kappa shape index (κ1) is 23.1. The first-order chi connectivity index (χ1) is 15.8. The molecule has 0 spiro atoms. The molecule has 0 saturated heterocycles. The van der Waals surface area contributed by atoms with E-state index in [0.717, 1.165) is 35.1 Å². The van der Waals surface area contributed by atoms with Crippen molar-refractivity contribution >= 4 is 11.8 Å². The van der Waals surface area contributed by atoms with Crippen molar-refractivity contribution in [2.45, 2.75) is 46.0 Å². The molecule has 0 amide bonds. The maximum absolute atomic E-state index is 12.4. The molecular weight excluding hydrogens is 420 g/mol. The van der Waals surface area contributed by atoms with E-state index in [0.29, 0.717) is 42.4 Å². The lowest BCUT2D eigenvalue weighted by molar-refractivity contribution is -0.166. The Hall–Kier alpha value is -3.02. The van der Waals surface area contributed by atoms with Crippen molar-refractivity contribution in [2.75, 3.05) is 20.8 Å². The highest BCUT2D eigenvalue weighted by atomic mass is 16.5. The second kappa shape index (κ2) is 9.08. The molecule has 0 aromatic heterocycles. The molecule has 6 heteroatoms. The van der Waals surface area contributed by atoms with Crippen LogP contribution in [-0.4, -0.2) is 37.7 Å². The van der Waals surface area contributed by atoms with Gasteiger partial charge < -0.3 is 19.3 Å². The van der Waals surface area contributed by atoms with Crippen LogP contribution in [0.2, 0.25) is 0 Å². The lowest BCUT2D eigenvalue weighted by Gasteiger charge is -2.46. The summed E-state index contributed by atoms with van der Waals surface area (Å²) < 4.78 is 17.5. The Balaban J connectivity index is 1.77. The summed E-state index contributed by atoms with van der Waals surface area (Å²) in [4.78, 5) is 24.7. The van der Waals surface area contributed by atoms with E-state index >= 15 is 0 Å². The topological polar surface area (TPSA) is 82.1 Å². The highest BCUT2D eigenvalue weighted by Crippen LogP contribution is 2.52. The third-order valence-corrected chi connectivity index (χ3v) is 7.25. The zero-order chi connectivity index (χ0) is 23.8. The molecule has 2 unspecified atom stereocenters. The third kappa shape index (κ3) is 3.96. The summed E-state index contributed by atoms with van der Waals surface area (Å²) in [6, 6.07) is 9.42. The van der Waals surface area contributed by atoms with Gasteiger partial charge >= 0.3 is 5.97 Å². The highest BCUT2D eigenvalue weighted by Gasteiger charge is 2.53. The number of benzene rings is 2. The number of ketones is 1. The minimum Gasteiger partial charge on any atom is -0.493 e. The summed E-state index contributed by atoms with van der Waals surface area (Å²) in [5.41, 5.74) is 2.51. The SMILES string of the molecule is COc1ccc(-c2cccc3c2CCC3=O)c(OCC2(C(=O)O)CCC2CC(C)C)c1OC. The maximum atomic E-state index is 12.4. The fourth-order valence-electron chi connectivity index (χ4n) is 5.34. The number of carboxylic acid groups (broad SMARTS) is 1. The average molecular weight is 453 g/mol. The van der Waals surface area contributed by atoms with Gasteiger partial charge in [0.15, 0.2) is 17.3 Å². The minimum atomic E-state index is -0.912. The average Bonchev–Trinajstić information content (AvgIpc) is 3.17. The van der Waals surface area contributed by atoms with Crippen molar-refractivity contribution in [2.24, 2.45) is 17.3 Å². The lowest BCUT2D eigenvalue weighted by atomic mass is 9.58. The van der Waals surface area contributed by atoms with Crippen LogP contribution in [-0.2, 0) is 11.2 Å². The molecule has 0 heterocycles. The summed E-state index contributed by atoms with van der Waals surface area (Å²) in [7, 11) is 3.11. The molecule has 4 rings (SSSR count). The number of carboxylic acids is 1. The number of Topliss-reactive ketones (excluding diaryl/α,β-unsaturated/α-hetero) is 1. The second-order valence-corrected chi connectivity index (χ2v) is 9.55. The van der Waals surface area contributed by atoms with Gasteiger partial charge in [0.1, 0.15) is 12.0 Å². The molecule has 176 valence electrons. The van der Waals surface area contributed by atoms with E-state index in [4.69, 9.17) is 14.2 Å². The van der Waals surface area contributed by atoms with Crippen LogP contribution in [0.3, 0.4) is 0 Å². The Bertz CT molecular complexity index is 1070. The quantitative estimate of drug-likeness (QED) is 0.548. The highest BCUT2D eigenvalue weighted by molar-refractivity contribution is 6.02. The van der Waals surface area contributed by atoms with Crippen molar-refractivity contribution in [3.63, 3.8) is 0 Å². The number of ether oxygens (including phenoxy) is 3. The Labute approximate surface area is 194 Å². The van der Waals surface area contributed by atoms with E-state index < -0.39 is 11.4 Å². The van der Waals surface area contributed by atoms with E-state index in [9.17, 15) is 14.7 Å². The van der Waals surface area contributed by atoms with Crippen LogP contribution in [0.15, 0.2) is 30.3 Å². The van der Waals surface area contributed by atoms with Gasteiger partial charge in [-0.25, -0.2) is 0 Å². The van der Waals surface area contributed by atoms with Gasteiger partial charge in [0.2, 0.25) is 5.75 Å². The van der Waals surface area contributed by atoms with Crippen LogP contribution in [0.1, 0.15) is 55.5 Å². The van der Waals surface area contributed by atoms with Gasteiger partial charge in [-0.3, -0.25) is 9.59 Å². The molecule has 2 aliphatic carbocycles. The van der Waals surface area contributed by atoms with Gasteiger partial charge in [-0.2, -0.15) is 0 Å².